The molecule has 1 aromatic heterocycles. The number of likely N-dealkylation sites (tertiary alicyclic amines) is 1. The van der Waals surface area contributed by atoms with E-state index >= 15 is 0 Å². The highest BCUT2D eigenvalue weighted by molar-refractivity contribution is 5.19. The molecule has 4 nitrogen and oxygen atoms in total. The zero-order chi connectivity index (χ0) is 16.6. The third-order valence-electron chi connectivity index (χ3n) is 4.16. The van der Waals surface area contributed by atoms with Crippen LogP contribution in [-0.2, 0) is 12.0 Å². The van der Waals surface area contributed by atoms with Crippen molar-refractivity contribution in [3.63, 3.8) is 0 Å². The minimum Gasteiger partial charge on any atom is -0.339 e. The van der Waals surface area contributed by atoms with Gasteiger partial charge in [0.25, 0.3) is 0 Å². The molecule has 1 fully saturated rings. The topological polar surface area (TPSA) is 42.2 Å². The van der Waals surface area contributed by atoms with E-state index in [-0.39, 0.29) is 11.3 Å². The zero-order valence-corrected chi connectivity index (χ0v) is 13.6. The minimum atomic E-state index is -0.801. The summed E-state index contributed by atoms with van der Waals surface area (Å²) in [6.07, 6.45) is 0.878. The lowest BCUT2D eigenvalue weighted by Gasteiger charge is -2.15. The molecule has 0 spiro atoms. The summed E-state index contributed by atoms with van der Waals surface area (Å²) < 4.78 is 32.4. The standard InChI is InChI=1S/C17H21F2N3O/c1-17(2,3)16-20-15(23-21-16)12-7-8-22(10-12)9-11-5-4-6-13(18)14(11)19/h4-6,12H,7-10H2,1-3H3/t12-/m1/s1. The zero-order valence-electron chi connectivity index (χ0n) is 13.6. The van der Waals surface area contributed by atoms with Crippen LogP contribution in [0.15, 0.2) is 22.7 Å². The summed E-state index contributed by atoms with van der Waals surface area (Å²) in [4.78, 5) is 6.58. The molecule has 2 heterocycles. The van der Waals surface area contributed by atoms with Crippen molar-refractivity contribution in [2.45, 2.75) is 45.1 Å². The molecule has 1 aromatic carbocycles. The summed E-state index contributed by atoms with van der Waals surface area (Å²) in [6.45, 7) is 8.01. The van der Waals surface area contributed by atoms with Crippen molar-refractivity contribution in [1.29, 1.82) is 0 Å². The van der Waals surface area contributed by atoms with Gasteiger partial charge in [0.1, 0.15) is 0 Å². The Morgan fingerprint density at radius 3 is 2.78 bits per heavy atom. The Bertz CT molecular complexity index is 693. The van der Waals surface area contributed by atoms with Crippen LogP contribution in [0.2, 0.25) is 0 Å². The fraction of sp³-hybridized carbons (Fsp3) is 0.529. The molecule has 124 valence electrons. The molecule has 1 aliphatic rings. The lowest BCUT2D eigenvalue weighted by molar-refractivity contribution is 0.302. The quantitative estimate of drug-likeness (QED) is 0.865. The smallest absolute Gasteiger partial charge is 0.231 e. The lowest BCUT2D eigenvalue weighted by atomic mass is 9.96. The Hall–Kier alpha value is -1.82. The molecule has 0 saturated carbocycles. The first kappa shape index (κ1) is 16.1. The van der Waals surface area contributed by atoms with E-state index in [4.69, 9.17) is 4.52 Å². The third-order valence-corrected chi connectivity index (χ3v) is 4.16. The van der Waals surface area contributed by atoms with Crippen molar-refractivity contribution >= 4 is 0 Å². The highest BCUT2D eigenvalue weighted by Gasteiger charge is 2.30. The van der Waals surface area contributed by atoms with Crippen molar-refractivity contribution in [3.05, 3.63) is 47.1 Å². The summed E-state index contributed by atoms with van der Waals surface area (Å²) in [5.41, 5.74) is 0.233. The molecule has 2 aromatic rings. The van der Waals surface area contributed by atoms with Gasteiger partial charge in [-0.05, 0) is 19.0 Å². The van der Waals surface area contributed by atoms with Crippen molar-refractivity contribution < 1.29 is 13.3 Å². The van der Waals surface area contributed by atoms with Crippen LogP contribution in [0.1, 0.15) is 50.4 Å². The van der Waals surface area contributed by atoms with Gasteiger partial charge < -0.3 is 4.52 Å². The number of aromatic nitrogens is 2. The van der Waals surface area contributed by atoms with Gasteiger partial charge in [-0.3, -0.25) is 4.90 Å². The fourth-order valence-corrected chi connectivity index (χ4v) is 2.79. The van der Waals surface area contributed by atoms with E-state index < -0.39 is 11.6 Å². The molecule has 1 atom stereocenters. The number of nitrogens with zero attached hydrogens (tertiary/aromatic N) is 3. The Balaban J connectivity index is 1.67. The number of hydrogen-bond donors (Lipinski definition) is 0. The Kier molecular flexibility index (Phi) is 4.19. The number of hydrogen-bond acceptors (Lipinski definition) is 4. The van der Waals surface area contributed by atoms with E-state index in [1.54, 1.807) is 6.07 Å². The molecular weight excluding hydrogens is 300 g/mol. The molecule has 6 heteroatoms. The molecule has 1 saturated heterocycles. The van der Waals surface area contributed by atoms with Gasteiger partial charge in [-0.15, -0.1) is 0 Å². The minimum absolute atomic E-state index is 0.148. The number of benzene rings is 1. The SMILES string of the molecule is CC(C)(C)c1noc([C@@H]2CCN(Cc3cccc(F)c3F)C2)n1. The summed E-state index contributed by atoms with van der Waals surface area (Å²) >= 11 is 0. The van der Waals surface area contributed by atoms with Crippen molar-refractivity contribution in [1.82, 2.24) is 15.0 Å². The van der Waals surface area contributed by atoms with Crippen molar-refractivity contribution in [2.24, 2.45) is 0 Å². The Morgan fingerprint density at radius 1 is 1.30 bits per heavy atom. The maximum Gasteiger partial charge on any atom is 0.231 e. The molecule has 1 aliphatic heterocycles. The Morgan fingerprint density at radius 2 is 2.09 bits per heavy atom. The molecule has 23 heavy (non-hydrogen) atoms. The molecule has 0 N–H and O–H groups in total. The van der Waals surface area contributed by atoms with Gasteiger partial charge in [-0.2, -0.15) is 4.98 Å². The number of halogens is 2. The average molecular weight is 321 g/mol. The highest BCUT2D eigenvalue weighted by atomic mass is 19.2. The van der Waals surface area contributed by atoms with Crippen molar-refractivity contribution in [3.8, 4) is 0 Å². The summed E-state index contributed by atoms with van der Waals surface area (Å²) in [5.74, 6) is -0.0804. The van der Waals surface area contributed by atoms with Gasteiger partial charge in [-0.25, -0.2) is 8.78 Å². The number of rotatable bonds is 3. The second kappa shape index (κ2) is 6.00. The summed E-state index contributed by atoms with van der Waals surface area (Å²) in [5, 5.41) is 4.05. The molecule has 0 unspecified atom stereocenters. The molecule has 0 amide bonds. The fourth-order valence-electron chi connectivity index (χ4n) is 2.79. The monoisotopic (exact) mass is 321 g/mol. The van der Waals surface area contributed by atoms with Gasteiger partial charge >= 0.3 is 0 Å². The molecule has 0 bridgehead atoms. The van der Waals surface area contributed by atoms with E-state index in [0.717, 1.165) is 19.0 Å². The van der Waals surface area contributed by atoms with Gasteiger partial charge in [-0.1, -0.05) is 38.1 Å². The van der Waals surface area contributed by atoms with Crippen LogP contribution in [0.4, 0.5) is 8.78 Å². The highest BCUT2D eigenvalue weighted by Crippen LogP contribution is 2.29. The van der Waals surface area contributed by atoms with E-state index in [1.807, 2.05) is 20.8 Å². The van der Waals surface area contributed by atoms with Crippen LogP contribution in [0.25, 0.3) is 0 Å². The van der Waals surface area contributed by atoms with Gasteiger partial charge in [0.2, 0.25) is 5.89 Å². The second-order valence-electron chi connectivity index (χ2n) is 7.14. The Labute approximate surface area is 134 Å². The molecule has 0 aliphatic carbocycles. The first-order chi connectivity index (χ1) is 10.8. The largest absolute Gasteiger partial charge is 0.339 e. The third kappa shape index (κ3) is 3.42. The van der Waals surface area contributed by atoms with Crippen molar-refractivity contribution in [2.75, 3.05) is 13.1 Å². The summed E-state index contributed by atoms with van der Waals surface area (Å²) in [6, 6.07) is 4.29. The molecule has 3 rings (SSSR count). The molecule has 0 radical (unpaired) electrons. The predicted octanol–water partition coefficient (Wildman–Crippen LogP) is 3.63. The first-order valence-corrected chi connectivity index (χ1v) is 7.84. The van der Waals surface area contributed by atoms with Crippen LogP contribution in [0, 0.1) is 11.6 Å². The lowest BCUT2D eigenvalue weighted by Crippen LogP contribution is -2.21. The summed E-state index contributed by atoms with van der Waals surface area (Å²) in [7, 11) is 0. The van der Waals surface area contributed by atoms with Crippen LogP contribution in [-0.4, -0.2) is 28.1 Å². The molecular formula is C17H21F2N3O. The van der Waals surface area contributed by atoms with Crippen LogP contribution in [0.5, 0.6) is 0 Å². The van der Waals surface area contributed by atoms with E-state index in [0.29, 0.717) is 30.4 Å². The average Bonchev–Trinajstić information content (AvgIpc) is 3.12. The van der Waals surface area contributed by atoms with E-state index in [2.05, 4.69) is 15.0 Å². The normalized spacial score (nSPS) is 19.4. The van der Waals surface area contributed by atoms with Gasteiger partial charge in [0.05, 0.1) is 5.92 Å². The van der Waals surface area contributed by atoms with Crippen LogP contribution < -0.4 is 0 Å². The van der Waals surface area contributed by atoms with Gasteiger partial charge in [0, 0.05) is 24.1 Å². The van der Waals surface area contributed by atoms with E-state index in [9.17, 15) is 8.78 Å². The van der Waals surface area contributed by atoms with Gasteiger partial charge in [0.15, 0.2) is 17.5 Å². The van der Waals surface area contributed by atoms with E-state index in [1.165, 1.54) is 6.07 Å². The van der Waals surface area contributed by atoms with Crippen LogP contribution in [0.3, 0.4) is 0 Å². The first-order valence-electron chi connectivity index (χ1n) is 7.84. The van der Waals surface area contributed by atoms with Crippen LogP contribution >= 0.6 is 0 Å². The maximum atomic E-state index is 13.8. The predicted molar refractivity (Wildman–Crippen MR) is 82.0 cm³/mol. The maximum absolute atomic E-state index is 13.8. The second-order valence-corrected chi connectivity index (χ2v) is 7.14.